The molecule has 0 unspecified atom stereocenters. The Morgan fingerprint density at radius 2 is 2.09 bits per heavy atom. The van der Waals surface area contributed by atoms with E-state index in [1.54, 1.807) is 0 Å². The van der Waals surface area contributed by atoms with Gasteiger partial charge in [-0.05, 0) is 69.1 Å². The zero-order valence-corrected chi connectivity index (χ0v) is 14.7. The van der Waals surface area contributed by atoms with Crippen molar-refractivity contribution in [3.8, 4) is 0 Å². The van der Waals surface area contributed by atoms with Crippen molar-refractivity contribution in [1.29, 1.82) is 0 Å². The van der Waals surface area contributed by atoms with Crippen molar-refractivity contribution in [2.75, 3.05) is 39.4 Å². The summed E-state index contributed by atoms with van der Waals surface area (Å²) in [6, 6.07) is 0.523. The van der Waals surface area contributed by atoms with Gasteiger partial charge in [0, 0.05) is 25.7 Å². The van der Waals surface area contributed by atoms with E-state index in [-0.39, 0.29) is 0 Å². The molecule has 0 aromatic carbocycles. The number of nitrogens with zero attached hydrogens (tertiary/aromatic N) is 1. The molecule has 2 saturated carbocycles. The Kier molecular flexibility index (Phi) is 5.94. The van der Waals surface area contributed by atoms with E-state index in [9.17, 15) is 0 Å². The van der Waals surface area contributed by atoms with Gasteiger partial charge < -0.3 is 15.4 Å². The number of morpholine rings is 1. The van der Waals surface area contributed by atoms with Gasteiger partial charge in [0.25, 0.3) is 0 Å². The van der Waals surface area contributed by atoms with Crippen LogP contribution < -0.4 is 10.6 Å². The molecule has 126 valence electrons. The number of ether oxygens (including phenoxy) is 1. The molecule has 4 nitrogen and oxygen atoms in total. The number of hydrogen-bond acceptors (Lipinski definition) is 3. The van der Waals surface area contributed by atoms with Crippen molar-refractivity contribution in [3.63, 3.8) is 0 Å². The Morgan fingerprint density at radius 1 is 1.27 bits per heavy atom. The summed E-state index contributed by atoms with van der Waals surface area (Å²) in [4.78, 5) is 2.47. The van der Waals surface area contributed by atoms with Crippen LogP contribution in [-0.4, -0.2) is 55.4 Å². The summed E-state index contributed by atoms with van der Waals surface area (Å²) >= 11 is 5.47. The molecule has 0 amide bonds. The zero-order chi connectivity index (χ0) is 15.4. The van der Waals surface area contributed by atoms with E-state index in [0.717, 1.165) is 68.7 Å². The van der Waals surface area contributed by atoms with E-state index in [0.29, 0.717) is 6.04 Å². The molecule has 0 aromatic rings. The van der Waals surface area contributed by atoms with Gasteiger partial charge in [-0.2, -0.15) is 0 Å². The zero-order valence-electron chi connectivity index (χ0n) is 13.9. The fourth-order valence-corrected chi connectivity index (χ4v) is 4.89. The van der Waals surface area contributed by atoms with Crippen LogP contribution in [0.2, 0.25) is 0 Å². The molecule has 4 atom stereocenters. The Balaban J connectivity index is 1.27. The highest BCUT2D eigenvalue weighted by atomic mass is 32.1. The minimum Gasteiger partial charge on any atom is -0.379 e. The van der Waals surface area contributed by atoms with Gasteiger partial charge >= 0.3 is 0 Å². The molecule has 3 rings (SSSR count). The second-order valence-electron chi connectivity index (χ2n) is 7.34. The van der Waals surface area contributed by atoms with Crippen LogP contribution in [0, 0.1) is 17.8 Å². The lowest BCUT2D eigenvalue weighted by atomic mass is 9.84. The van der Waals surface area contributed by atoms with Gasteiger partial charge in [-0.3, -0.25) is 4.90 Å². The summed E-state index contributed by atoms with van der Waals surface area (Å²) in [6.07, 6.45) is 6.94. The van der Waals surface area contributed by atoms with Crippen molar-refractivity contribution in [2.45, 2.75) is 45.1 Å². The van der Waals surface area contributed by atoms with Gasteiger partial charge in [0.1, 0.15) is 0 Å². The van der Waals surface area contributed by atoms with Gasteiger partial charge in [0.2, 0.25) is 0 Å². The molecule has 22 heavy (non-hydrogen) atoms. The van der Waals surface area contributed by atoms with Gasteiger partial charge in [-0.1, -0.05) is 6.42 Å². The second-order valence-corrected chi connectivity index (χ2v) is 7.74. The monoisotopic (exact) mass is 325 g/mol. The maximum atomic E-state index is 5.47. The predicted octanol–water partition coefficient (Wildman–Crippen LogP) is 2.00. The van der Waals surface area contributed by atoms with E-state index < -0.39 is 0 Å². The van der Waals surface area contributed by atoms with Crippen LogP contribution in [0.3, 0.4) is 0 Å². The van der Waals surface area contributed by atoms with Gasteiger partial charge in [0.05, 0.1) is 13.2 Å². The minimum absolute atomic E-state index is 0.523. The first kappa shape index (κ1) is 16.5. The van der Waals surface area contributed by atoms with E-state index in [1.165, 1.54) is 25.7 Å². The summed E-state index contributed by atoms with van der Waals surface area (Å²) in [7, 11) is 0. The highest BCUT2D eigenvalue weighted by molar-refractivity contribution is 7.80. The van der Waals surface area contributed by atoms with Crippen LogP contribution in [0.1, 0.15) is 39.0 Å². The third kappa shape index (κ3) is 4.33. The van der Waals surface area contributed by atoms with Gasteiger partial charge in [-0.15, -0.1) is 0 Å². The first-order valence-electron chi connectivity index (χ1n) is 9.07. The summed E-state index contributed by atoms with van der Waals surface area (Å²) in [6.45, 7) is 8.33. The topological polar surface area (TPSA) is 36.5 Å². The Bertz CT molecular complexity index is 373. The molecule has 2 aliphatic carbocycles. The lowest BCUT2D eigenvalue weighted by Crippen LogP contribution is -2.45. The number of hydrogen-bond donors (Lipinski definition) is 2. The molecule has 3 aliphatic rings. The highest BCUT2D eigenvalue weighted by Gasteiger charge is 2.41. The highest BCUT2D eigenvalue weighted by Crippen LogP contribution is 2.49. The van der Waals surface area contributed by atoms with E-state index in [4.69, 9.17) is 17.0 Å². The molecule has 0 radical (unpaired) electrons. The van der Waals surface area contributed by atoms with Crippen LogP contribution in [0.25, 0.3) is 0 Å². The Morgan fingerprint density at radius 3 is 2.77 bits per heavy atom. The van der Waals surface area contributed by atoms with Crippen LogP contribution in [0.15, 0.2) is 0 Å². The smallest absolute Gasteiger partial charge is 0.166 e. The molecule has 0 aromatic heterocycles. The predicted molar refractivity (Wildman–Crippen MR) is 94.0 cm³/mol. The number of nitrogens with one attached hydrogen (secondary N) is 2. The average Bonchev–Trinajstić information content (AvgIpc) is 3.15. The molecule has 5 heteroatoms. The first-order chi connectivity index (χ1) is 10.7. The summed E-state index contributed by atoms with van der Waals surface area (Å²) in [5, 5.41) is 7.76. The largest absolute Gasteiger partial charge is 0.379 e. The maximum Gasteiger partial charge on any atom is 0.166 e. The molecular formula is C17H31N3OS. The second kappa shape index (κ2) is 7.93. The fourth-order valence-electron chi connectivity index (χ4n) is 4.60. The van der Waals surface area contributed by atoms with Crippen molar-refractivity contribution in [2.24, 2.45) is 17.8 Å². The van der Waals surface area contributed by atoms with E-state index in [2.05, 4.69) is 22.5 Å². The van der Waals surface area contributed by atoms with E-state index >= 15 is 0 Å². The number of thiocarbonyl (C=S) groups is 1. The van der Waals surface area contributed by atoms with Crippen LogP contribution >= 0.6 is 12.2 Å². The SMILES string of the molecule is C[C@H](NC(=S)NCCCN1CCOCC1)[C@H]1C[C@@H]2CC[C@@H]1C2. The minimum atomic E-state index is 0.523. The molecule has 1 saturated heterocycles. The van der Waals surface area contributed by atoms with E-state index in [1.807, 2.05) is 0 Å². The summed E-state index contributed by atoms with van der Waals surface area (Å²) in [5.41, 5.74) is 0. The fraction of sp³-hybridized carbons (Fsp3) is 0.941. The molecule has 0 spiro atoms. The van der Waals surface area contributed by atoms with Crippen LogP contribution in [0.5, 0.6) is 0 Å². The van der Waals surface area contributed by atoms with Crippen molar-refractivity contribution < 1.29 is 4.74 Å². The van der Waals surface area contributed by atoms with Crippen molar-refractivity contribution in [1.82, 2.24) is 15.5 Å². The third-order valence-corrected chi connectivity index (χ3v) is 6.10. The number of fused-ring (bicyclic) bond motifs is 2. The standard InChI is InChI=1S/C17H31N3OS/c1-13(16-12-14-3-4-15(16)11-14)19-17(22)18-5-2-6-20-7-9-21-10-8-20/h13-16H,2-12H2,1H3,(H2,18,19,22)/t13-,14+,15+,16+/m0/s1. The van der Waals surface area contributed by atoms with Crippen molar-refractivity contribution >= 4 is 17.3 Å². The average molecular weight is 326 g/mol. The third-order valence-electron chi connectivity index (χ3n) is 5.83. The molecule has 2 bridgehead atoms. The molecule has 1 aliphatic heterocycles. The molecule has 2 N–H and O–H groups in total. The van der Waals surface area contributed by atoms with Gasteiger partial charge in [0.15, 0.2) is 5.11 Å². The molecule has 1 heterocycles. The van der Waals surface area contributed by atoms with Crippen molar-refractivity contribution in [3.05, 3.63) is 0 Å². The Hall–Kier alpha value is -0.390. The summed E-state index contributed by atoms with van der Waals surface area (Å²) in [5.74, 6) is 2.80. The molecular weight excluding hydrogens is 294 g/mol. The Labute approximate surface area is 140 Å². The van der Waals surface area contributed by atoms with Gasteiger partial charge in [-0.25, -0.2) is 0 Å². The number of rotatable bonds is 6. The maximum absolute atomic E-state index is 5.47. The van der Waals surface area contributed by atoms with Crippen LogP contribution in [0.4, 0.5) is 0 Å². The lowest BCUT2D eigenvalue weighted by Gasteiger charge is -2.29. The normalized spacial score (nSPS) is 32.9. The summed E-state index contributed by atoms with van der Waals surface area (Å²) < 4.78 is 5.37. The molecule has 3 fully saturated rings. The first-order valence-corrected chi connectivity index (χ1v) is 9.47. The van der Waals surface area contributed by atoms with Crippen LogP contribution in [-0.2, 0) is 4.74 Å². The lowest BCUT2D eigenvalue weighted by molar-refractivity contribution is 0.0376. The quantitative estimate of drug-likeness (QED) is 0.577.